The molecule has 0 heterocycles. The van der Waals surface area contributed by atoms with Crippen LogP contribution in [0.3, 0.4) is 0 Å². The molecule has 3 heteroatoms. The van der Waals surface area contributed by atoms with Gasteiger partial charge in [0.05, 0.1) is 6.54 Å². The third-order valence-electron chi connectivity index (χ3n) is 4.56. The molecular weight excluding hydrogens is 310 g/mol. The Hall–Kier alpha value is -3.17. The highest BCUT2D eigenvalue weighted by molar-refractivity contribution is 6.32. The first-order valence-electron chi connectivity index (χ1n) is 8.17. The van der Waals surface area contributed by atoms with Crippen LogP contribution >= 0.6 is 0 Å². The van der Waals surface area contributed by atoms with Crippen molar-refractivity contribution >= 4 is 49.1 Å². The van der Waals surface area contributed by atoms with Crippen LogP contribution < -0.4 is 5.73 Å². The molecule has 0 amide bonds. The lowest BCUT2D eigenvalue weighted by atomic mass is 9.90. The van der Waals surface area contributed by atoms with Crippen molar-refractivity contribution in [3.05, 3.63) is 72.8 Å². The molecule has 3 N–H and O–H groups in total. The Bertz CT molecular complexity index is 1040. The van der Waals surface area contributed by atoms with Gasteiger partial charge in [-0.3, -0.25) is 4.79 Å². The normalized spacial score (nSPS) is 11.1. The predicted molar refractivity (Wildman–Crippen MR) is 104 cm³/mol. The summed E-state index contributed by atoms with van der Waals surface area (Å²) >= 11 is 0. The molecule has 0 aromatic heterocycles. The van der Waals surface area contributed by atoms with Crippen molar-refractivity contribution in [1.29, 1.82) is 0 Å². The van der Waals surface area contributed by atoms with E-state index >= 15 is 0 Å². The lowest BCUT2D eigenvalue weighted by Gasteiger charge is -2.13. The molecule has 0 atom stereocenters. The fourth-order valence-electron chi connectivity index (χ4n) is 3.58. The van der Waals surface area contributed by atoms with E-state index < -0.39 is 5.97 Å². The van der Waals surface area contributed by atoms with E-state index in [0.29, 0.717) is 0 Å². The van der Waals surface area contributed by atoms with Gasteiger partial charge >= 0.3 is 5.97 Å². The van der Waals surface area contributed by atoms with Gasteiger partial charge < -0.3 is 10.8 Å². The number of hydrogen-bond acceptors (Lipinski definition) is 2. The maximum absolute atomic E-state index is 9.24. The van der Waals surface area contributed by atoms with E-state index in [9.17, 15) is 4.79 Å². The first kappa shape index (κ1) is 15.4. The number of rotatable bonds is 1. The van der Waals surface area contributed by atoms with Gasteiger partial charge in [-0.25, -0.2) is 0 Å². The largest absolute Gasteiger partial charge is 0.480 e. The van der Waals surface area contributed by atoms with Gasteiger partial charge in [-0.2, -0.15) is 0 Å². The Labute approximate surface area is 144 Å². The second kappa shape index (κ2) is 6.04. The number of carboxylic acids is 1. The highest BCUT2D eigenvalue weighted by atomic mass is 16.4. The van der Waals surface area contributed by atoms with E-state index in [2.05, 4.69) is 78.5 Å². The molecule has 25 heavy (non-hydrogen) atoms. The molecule has 0 aliphatic rings. The smallest absolute Gasteiger partial charge is 0.317 e. The van der Waals surface area contributed by atoms with Crippen LogP contribution in [0, 0.1) is 0 Å². The number of nitrogens with two attached hydrogens (primary N) is 1. The zero-order valence-corrected chi connectivity index (χ0v) is 13.6. The summed E-state index contributed by atoms with van der Waals surface area (Å²) in [5.41, 5.74) is 4.57. The molecule has 3 nitrogen and oxygen atoms in total. The zero-order valence-electron chi connectivity index (χ0n) is 13.6. The van der Waals surface area contributed by atoms with E-state index in [1.165, 1.54) is 43.1 Å². The van der Waals surface area contributed by atoms with Gasteiger partial charge in [0.2, 0.25) is 0 Å². The van der Waals surface area contributed by atoms with E-state index in [1.54, 1.807) is 0 Å². The van der Waals surface area contributed by atoms with Gasteiger partial charge in [0.1, 0.15) is 0 Å². The van der Waals surface area contributed by atoms with Crippen molar-refractivity contribution in [2.45, 2.75) is 0 Å². The summed E-state index contributed by atoms with van der Waals surface area (Å²) in [6.45, 7) is -0.278. The molecule has 5 rings (SSSR count). The second-order valence-corrected chi connectivity index (χ2v) is 6.02. The first-order valence-corrected chi connectivity index (χ1v) is 8.17. The Morgan fingerprint density at radius 2 is 0.960 bits per heavy atom. The third kappa shape index (κ3) is 2.46. The van der Waals surface area contributed by atoms with Crippen molar-refractivity contribution in [2.75, 3.05) is 6.54 Å². The van der Waals surface area contributed by atoms with Crippen molar-refractivity contribution in [2.24, 2.45) is 5.73 Å². The van der Waals surface area contributed by atoms with E-state index in [-0.39, 0.29) is 6.54 Å². The lowest BCUT2D eigenvalue weighted by molar-refractivity contribution is -0.135. The number of fused-ring (bicyclic) bond motifs is 2. The van der Waals surface area contributed by atoms with E-state index in [0.717, 1.165) is 0 Å². The minimum absolute atomic E-state index is 0.278. The molecule has 0 saturated carbocycles. The third-order valence-corrected chi connectivity index (χ3v) is 4.56. The number of aliphatic carboxylic acids is 1. The molecular formula is C22H17NO2. The van der Waals surface area contributed by atoms with Gasteiger partial charge in [0.25, 0.3) is 0 Å². The zero-order chi connectivity index (χ0) is 17.4. The molecule has 0 saturated heterocycles. The standard InChI is InChI=1S/C20H12.C2H5NO2/c1-5-13-6-2-11-17-18-12-4-8-14-7-3-10-16(20(14)18)15(9-1)19(13)17;3-1-2(4)5/h1-12H;1,3H2,(H,4,5). The highest BCUT2D eigenvalue weighted by Crippen LogP contribution is 2.39. The summed E-state index contributed by atoms with van der Waals surface area (Å²) in [5, 5.41) is 18.5. The highest BCUT2D eigenvalue weighted by Gasteiger charge is 2.11. The van der Waals surface area contributed by atoms with Gasteiger partial charge in [-0.05, 0) is 43.1 Å². The lowest BCUT2D eigenvalue weighted by Crippen LogP contribution is -2.10. The molecule has 5 aromatic rings. The van der Waals surface area contributed by atoms with Crippen molar-refractivity contribution < 1.29 is 9.90 Å². The topological polar surface area (TPSA) is 63.3 Å². The summed E-state index contributed by atoms with van der Waals surface area (Å²) in [6, 6.07) is 26.4. The van der Waals surface area contributed by atoms with Crippen LogP contribution in [0.25, 0.3) is 43.1 Å². The fraction of sp³-hybridized carbons (Fsp3) is 0.0455. The first-order chi connectivity index (χ1) is 12.2. The maximum atomic E-state index is 9.24. The number of carboxylic acid groups (broad SMARTS) is 1. The summed E-state index contributed by atoms with van der Waals surface area (Å²) in [7, 11) is 0. The summed E-state index contributed by atoms with van der Waals surface area (Å²) in [4.78, 5) is 9.24. The molecule has 0 fully saturated rings. The summed E-state index contributed by atoms with van der Waals surface area (Å²) in [5.74, 6) is -0.968. The molecule has 0 unspecified atom stereocenters. The van der Waals surface area contributed by atoms with Crippen LogP contribution in [-0.2, 0) is 4.79 Å². The number of hydrogen-bond donors (Lipinski definition) is 2. The van der Waals surface area contributed by atoms with Crippen molar-refractivity contribution in [3.63, 3.8) is 0 Å². The van der Waals surface area contributed by atoms with Crippen LogP contribution in [0.5, 0.6) is 0 Å². The molecule has 0 aliphatic heterocycles. The fourth-order valence-corrected chi connectivity index (χ4v) is 3.58. The SMILES string of the molecule is NCC(=O)O.c1cc2cccc3c4cccc5cccc(c(c1)c23)c54. The van der Waals surface area contributed by atoms with Gasteiger partial charge in [-0.15, -0.1) is 0 Å². The average molecular weight is 327 g/mol. The monoisotopic (exact) mass is 327 g/mol. The molecule has 0 radical (unpaired) electrons. The number of benzene rings is 5. The molecule has 0 aliphatic carbocycles. The molecule has 0 bridgehead atoms. The van der Waals surface area contributed by atoms with Gasteiger partial charge in [0.15, 0.2) is 0 Å². The summed E-state index contributed by atoms with van der Waals surface area (Å²) in [6.07, 6.45) is 0. The molecule has 122 valence electrons. The summed E-state index contributed by atoms with van der Waals surface area (Å²) < 4.78 is 0. The predicted octanol–water partition coefficient (Wildman–Crippen LogP) is 4.77. The minimum Gasteiger partial charge on any atom is -0.480 e. The molecule has 5 aromatic carbocycles. The van der Waals surface area contributed by atoms with Crippen LogP contribution in [0.15, 0.2) is 72.8 Å². The number of carbonyl (C=O) groups is 1. The average Bonchev–Trinajstić information content (AvgIpc) is 2.66. The quantitative estimate of drug-likeness (QED) is 0.344. The van der Waals surface area contributed by atoms with Gasteiger partial charge in [0, 0.05) is 0 Å². The molecule has 0 spiro atoms. The van der Waals surface area contributed by atoms with Crippen molar-refractivity contribution in [1.82, 2.24) is 0 Å². The van der Waals surface area contributed by atoms with Crippen molar-refractivity contribution in [3.8, 4) is 0 Å². The second-order valence-electron chi connectivity index (χ2n) is 6.02. The van der Waals surface area contributed by atoms with Crippen LogP contribution in [-0.4, -0.2) is 17.6 Å². The minimum atomic E-state index is -0.968. The Morgan fingerprint density at radius 1 is 0.680 bits per heavy atom. The van der Waals surface area contributed by atoms with E-state index in [4.69, 9.17) is 5.11 Å². The van der Waals surface area contributed by atoms with Crippen LogP contribution in [0.1, 0.15) is 0 Å². The Morgan fingerprint density at radius 3 is 1.20 bits per heavy atom. The van der Waals surface area contributed by atoms with Gasteiger partial charge in [-0.1, -0.05) is 72.8 Å². The van der Waals surface area contributed by atoms with Crippen LogP contribution in [0.2, 0.25) is 0 Å². The maximum Gasteiger partial charge on any atom is 0.317 e. The Kier molecular flexibility index (Phi) is 3.71. The Balaban J connectivity index is 0.000000280. The van der Waals surface area contributed by atoms with E-state index in [1.807, 2.05) is 0 Å². The van der Waals surface area contributed by atoms with Crippen LogP contribution in [0.4, 0.5) is 0 Å².